The number of anilines is 1. The summed E-state index contributed by atoms with van der Waals surface area (Å²) in [6.07, 6.45) is 3.35. The van der Waals surface area contributed by atoms with E-state index in [9.17, 15) is 14.0 Å². The van der Waals surface area contributed by atoms with Crippen molar-refractivity contribution in [1.29, 1.82) is 0 Å². The molecule has 0 aromatic heterocycles. The average Bonchev–Trinajstić information content (AvgIpc) is 2.66. The van der Waals surface area contributed by atoms with Gasteiger partial charge in [0.2, 0.25) is 0 Å². The predicted octanol–water partition coefficient (Wildman–Crippen LogP) is 3.75. The first-order valence-corrected chi connectivity index (χ1v) is 8.59. The molecule has 0 radical (unpaired) electrons. The molecule has 0 fully saturated rings. The lowest BCUT2D eigenvalue weighted by atomic mass is 10.0. The van der Waals surface area contributed by atoms with E-state index in [2.05, 4.69) is 0 Å². The molecule has 26 heavy (non-hydrogen) atoms. The molecular formula is C21H20FNO3. The topological polar surface area (TPSA) is 46.6 Å². The van der Waals surface area contributed by atoms with E-state index < -0.39 is 17.9 Å². The van der Waals surface area contributed by atoms with E-state index in [1.807, 2.05) is 24.3 Å². The Kier molecular flexibility index (Phi) is 5.46. The Morgan fingerprint density at radius 1 is 1.15 bits per heavy atom. The lowest BCUT2D eigenvalue weighted by Gasteiger charge is -2.31. The average molecular weight is 353 g/mol. The Labute approximate surface area is 151 Å². The zero-order chi connectivity index (χ0) is 18.5. The van der Waals surface area contributed by atoms with Gasteiger partial charge in [-0.3, -0.25) is 4.79 Å². The first-order valence-electron chi connectivity index (χ1n) is 8.59. The molecule has 0 N–H and O–H groups in total. The van der Waals surface area contributed by atoms with Gasteiger partial charge in [0, 0.05) is 23.9 Å². The fourth-order valence-electron chi connectivity index (χ4n) is 3.01. The number of benzene rings is 2. The number of para-hydroxylation sites is 1. The van der Waals surface area contributed by atoms with Crippen molar-refractivity contribution >= 4 is 23.6 Å². The second kappa shape index (κ2) is 7.95. The minimum atomic E-state index is -0.918. The number of amides is 1. The van der Waals surface area contributed by atoms with Gasteiger partial charge in [0.1, 0.15) is 5.82 Å². The van der Waals surface area contributed by atoms with Crippen LogP contribution in [0.15, 0.2) is 54.6 Å². The number of hydrogen-bond donors (Lipinski definition) is 0. The van der Waals surface area contributed by atoms with Crippen molar-refractivity contribution in [1.82, 2.24) is 0 Å². The third-order valence-electron chi connectivity index (χ3n) is 4.32. The SMILES string of the molecule is C[C@H](OC(=O)/C=C\c1ccccc1F)C(=O)N1CCCc2ccccc21. The molecule has 1 atom stereocenters. The van der Waals surface area contributed by atoms with Crippen LogP contribution in [0, 0.1) is 5.82 Å². The van der Waals surface area contributed by atoms with Gasteiger partial charge in [-0.05, 0) is 43.5 Å². The molecular weight excluding hydrogens is 333 g/mol. The van der Waals surface area contributed by atoms with Crippen molar-refractivity contribution in [2.24, 2.45) is 0 Å². The standard InChI is InChI=1S/C21H20FNO3/c1-15(26-20(24)13-12-16-7-2-4-10-18(16)22)21(25)23-14-6-9-17-8-3-5-11-19(17)23/h2-5,7-8,10-13,15H,6,9,14H2,1H3/b13-12-/t15-/m0/s1. The molecule has 1 aliphatic heterocycles. The molecule has 2 aromatic carbocycles. The Morgan fingerprint density at radius 2 is 1.88 bits per heavy atom. The number of rotatable bonds is 4. The molecule has 0 saturated heterocycles. The Bertz CT molecular complexity index is 847. The van der Waals surface area contributed by atoms with Gasteiger partial charge in [-0.25, -0.2) is 9.18 Å². The van der Waals surface area contributed by atoms with Gasteiger partial charge in [0.25, 0.3) is 5.91 Å². The van der Waals surface area contributed by atoms with E-state index >= 15 is 0 Å². The monoisotopic (exact) mass is 353 g/mol. The summed E-state index contributed by atoms with van der Waals surface area (Å²) in [5, 5.41) is 0. The van der Waals surface area contributed by atoms with E-state index in [1.165, 1.54) is 12.1 Å². The third-order valence-corrected chi connectivity index (χ3v) is 4.32. The summed E-state index contributed by atoms with van der Waals surface area (Å²) in [5.41, 5.74) is 2.27. The van der Waals surface area contributed by atoms with Crippen molar-refractivity contribution in [2.45, 2.75) is 25.9 Å². The van der Waals surface area contributed by atoms with Crippen LogP contribution in [0.3, 0.4) is 0 Å². The largest absolute Gasteiger partial charge is 0.449 e. The second-order valence-corrected chi connectivity index (χ2v) is 6.16. The third kappa shape index (κ3) is 3.99. The normalized spacial score (nSPS) is 14.8. The summed E-state index contributed by atoms with van der Waals surface area (Å²) in [6.45, 7) is 2.15. The quantitative estimate of drug-likeness (QED) is 0.621. The van der Waals surface area contributed by atoms with Crippen LogP contribution in [-0.4, -0.2) is 24.5 Å². The molecule has 4 nitrogen and oxygen atoms in total. The van der Waals surface area contributed by atoms with Crippen molar-refractivity contribution in [3.63, 3.8) is 0 Å². The smallest absolute Gasteiger partial charge is 0.331 e. The minimum Gasteiger partial charge on any atom is -0.449 e. The highest BCUT2D eigenvalue weighted by atomic mass is 19.1. The fourth-order valence-corrected chi connectivity index (χ4v) is 3.01. The Morgan fingerprint density at radius 3 is 2.69 bits per heavy atom. The fraction of sp³-hybridized carbons (Fsp3) is 0.238. The van der Waals surface area contributed by atoms with Gasteiger partial charge in [0.05, 0.1) is 0 Å². The van der Waals surface area contributed by atoms with Crippen LogP contribution in [0.25, 0.3) is 6.08 Å². The van der Waals surface area contributed by atoms with Gasteiger partial charge in [-0.2, -0.15) is 0 Å². The summed E-state index contributed by atoms with van der Waals surface area (Å²) < 4.78 is 18.8. The summed E-state index contributed by atoms with van der Waals surface area (Å²) in [5.74, 6) is -1.37. The maximum absolute atomic E-state index is 13.6. The van der Waals surface area contributed by atoms with Crippen LogP contribution < -0.4 is 4.90 Å². The number of carbonyl (C=O) groups excluding carboxylic acids is 2. The number of nitrogens with zero attached hydrogens (tertiary/aromatic N) is 1. The highest BCUT2D eigenvalue weighted by molar-refractivity contribution is 5.99. The number of aryl methyl sites for hydroxylation is 1. The highest BCUT2D eigenvalue weighted by Crippen LogP contribution is 2.27. The molecule has 1 amide bonds. The molecule has 0 spiro atoms. The van der Waals surface area contributed by atoms with Crippen molar-refractivity contribution in [3.05, 3.63) is 71.6 Å². The molecule has 1 aliphatic rings. The molecule has 134 valence electrons. The molecule has 0 aliphatic carbocycles. The summed E-state index contributed by atoms with van der Waals surface area (Å²) in [4.78, 5) is 26.3. The van der Waals surface area contributed by atoms with Crippen LogP contribution in [0.2, 0.25) is 0 Å². The maximum atomic E-state index is 13.6. The van der Waals surface area contributed by atoms with Crippen molar-refractivity contribution in [2.75, 3.05) is 11.4 Å². The van der Waals surface area contributed by atoms with Crippen LogP contribution in [0.5, 0.6) is 0 Å². The molecule has 0 unspecified atom stereocenters. The summed E-state index contributed by atoms with van der Waals surface area (Å²) in [6, 6.07) is 13.9. The van der Waals surface area contributed by atoms with Crippen LogP contribution in [0.4, 0.5) is 10.1 Å². The lowest BCUT2D eigenvalue weighted by Crippen LogP contribution is -2.42. The van der Waals surface area contributed by atoms with E-state index in [0.29, 0.717) is 6.54 Å². The van der Waals surface area contributed by atoms with Gasteiger partial charge >= 0.3 is 5.97 Å². The van der Waals surface area contributed by atoms with Gasteiger partial charge in [-0.15, -0.1) is 0 Å². The van der Waals surface area contributed by atoms with Crippen molar-refractivity contribution in [3.8, 4) is 0 Å². The van der Waals surface area contributed by atoms with Gasteiger partial charge < -0.3 is 9.64 Å². The first-order chi connectivity index (χ1) is 12.6. The minimum absolute atomic E-state index is 0.259. The second-order valence-electron chi connectivity index (χ2n) is 6.16. The molecule has 0 saturated carbocycles. The van der Waals surface area contributed by atoms with Gasteiger partial charge in [-0.1, -0.05) is 36.4 Å². The van der Waals surface area contributed by atoms with E-state index in [4.69, 9.17) is 4.74 Å². The predicted molar refractivity (Wildman–Crippen MR) is 98.1 cm³/mol. The summed E-state index contributed by atoms with van der Waals surface area (Å²) >= 11 is 0. The molecule has 5 heteroatoms. The summed E-state index contributed by atoms with van der Waals surface area (Å²) in [7, 11) is 0. The Balaban J connectivity index is 1.65. The maximum Gasteiger partial charge on any atom is 0.331 e. The van der Waals surface area contributed by atoms with E-state index in [1.54, 1.807) is 30.0 Å². The van der Waals surface area contributed by atoms with Crippen molar-refractivity contribution < 1.29 is 18.7 Å². The Hall–Kier alpha value is -2.95. The number of fused-ring (bicyclic) bond motifs is 1. The zero-order valence-corrected chi connectivity index (χ0v) is 14.5. The number of hydrogen-bond acceptors (Lipinski definition) is 3. The van der Waals surface area contributed by atoms with Crippen LogP contribution in [0.1, 0.15) is 24.5 Å². The molecule has 1 heterocycles. The highest BCUT2D eigenvalue weighted by Gasteiger charge is 2.27. The first kappa shape index (κ1) is 17.9. The number of halogens is 1. The van der Waals surface area contributed by atoms with Gasteiger partial charge in [0.15, 0.2) is 6.10 Å². The van der Waals surface area contributed by atoms with E-state index in [0.717, 1.165) is 30.2 Å². The molecule has 0 bridgehead atoms. The molecule has 2 aromatic rings. The number of carbonyl (C=O) groups is 2. The molecule has 3 rings (SSSR count). The van der Waals surface area contributed by atoms with E-state index in [-0.39, 0.29) is 11.5 Å². The number of ether oxygens (including phenoxy) is 1. The van der Waals surface area contributed by atoms with Crippen LogP contribution in [-0.2, 0) is 20.7 Å². The zero-order valence-electron chi connectivity index (χ0n) is 14.5. The number of esters is 1. The lowest BCUT2D eigenvalue weighted by molar-refractivity contribution is -0.149. The van der Waals surface area contributed by atoms with Crippen LogP contribution >= 0.6 is 0 Å².